The Morgan fingerprint density at radius 2 is 2.09 bits per heavy atom. The van der Waals surface area contributed by atoms with Crippen LogP contribution in [0.15, 0.2) is 30.6 Å². The molecule has 1 N–H and O–H groups in total. The fourth-order valence-electron chi connectivity index (χ4n) is 1.94. The number of amides is 1. The highest BCUT2D eigenvalue weighted by Gasteiger charge is 2.16. The third kappa shape index (κ3) is 3.20. The highest BCUT2D eigenvalue weighted by molar-refractivity contribution is 7.17. The summed E-state index contributed by atoms with van der Waals surface area (Å²) in [5.74, 6) is -0.108. The van der Waals surface area contributed by atoms with Crippen molar-refractivity contribution >= 4 is 28.6 Å². The van der Waals surface area contributed by atoms with Crippen molar-refractivity contribution < 1.29 is 4.79 Å². The summed E-state index contributed by atoms with van der Waals surface area (Å²) in [6, 6.07) is 5.65. The predicted molar refractivity (Wildman–Crippen MR) is 88.1 cm³/mol. The third-order valence-corrected chi connectivity index (χ3v) is 5.07. The molecule has 0 bridgehead atoms. The number of aryl methyl sites for hydroxylation is 2. The SMILES string of the molecule is Cc1ncc(CNC(=O)c2sc(-c3ccccn3)nc2C)s1. The van der Waals surface area contributed by atoms with E-state index in [1.807, 2.05) is 32.0 Å². The van der Waals surface area contributed by atoms with Crippen LogP contribution in [0, 0.1) is 13.8 Å². The van der Waals surface area contributed by atoms with Gasteiger partial charge in [0.15, 0.2) is 0 Å². The van der Waals surface area contributed by atoms with Crippen molar-refractivity contribution in [1.29, 1.82) is 0 Å². The summed E-state index contributed by atoms with van der Waals surface area (Å²) in [5, 5.41) is 4.67. The molecule has 0 aromatic carbocycles. The summed E-state index contributed by atoms with van der Waals surface area (Å²) in [4.78, 5) is 26.9. The smallest absolute Gasteiger partial charge is 0.263 e. The molecule has 1 amide bonds. The lowest BCUT2D eigenvalue weighted by atomic mass is 10.3. The van der Waals surface area contributed by atoms with Crippen molar-refractivity contribution in [2.45, 2.75) is 20.4 Å². The van der Waals surface area contributed by atoms with Crippen molar-refractivity contribution in [2.75, 3.05) is 0 Å². The average molecular weight is 330 g/mol. The summed E-state index contributed by atoms with van der Waals surface area (Å²) in [6.45, 7) is 4.28. The van der Waals surface area contributed by atoms with Gasteiger partial charge in [-0.15, -0.1) is 22.7 Å². The van der Waals surface area contributed by atoms with E-state index in [1.54, 1.807) is 23.7 Å². The molecule has 0 fully saturated rings. The summed E-state index contributed by atoms with van der Waals surface area (Å²) in [6.07, 6.45) is 3.51. The fourth-order valence-corrected chi connectivity index (χ4v) is 3.63. The first-order valence-electron chi connectivity index (χ1n) is 6.72. The van der Waals surface area contributed by atoms with Crippen molar-refractivity contribution in [3.8, 4) is 10.7 Å². The topological polar surface area (TPSA) is 67.8 Å². The Hall–Kier alpha value is -2.12. The predicted octanol–water partition coefficient (Wildman–Crippen LogP) is 3.21. The number of carbonyl (C=O) groups excluding carboxylic acids is 1. The lowest BCUT2D eigenvalue weighted by molar-refractivity contribution is 0.0954. The monoisotopic (exact) mass is 330 g/mol. The Morgan fingerprint density at radius 3 is 2.77 bits per heavy atom. The molecule has 3 rings (SSSR count). The van der Waals surface area contributed by atoms with Crippen molar-refractivity contribution in [3.63, 3.8) is 0 Å². The van der Waals surface area contributed by atoms with Crippen LogP contribution in [-0.2, 0) is 6.54 Å². The second kappa shape index (κ2) is 6.33. The number of carbonyl (C=O) groups is 1. The molecule has 0 aliphatic carbocycles. The molecular formula is C15H14N4OS2. The minimum Gasteiger partial charge on any atom is -0.346 e. The summed E-state index contributed by atoms with van der Waals surface area (Å²) in [5.41, 5.74) is 1.51. The van der Waals surface area contributed by atoms with Crippen molar-refractivity contribution in [3.05, 3.63) is 51.0 Å². The molecule has 0 saturated carbocycles. The summed E-state index contributed by atoms with van der Waals surface area (Å²) < 4.78 is 0. The minimum absolute atomic E-state index is 0.108. The quantitative estimate of drug-likeness (QED) is 0.797. The van der Waals surface area contributed by atoms with E-state index in [4.69, 9.17) is 0 Å². The van der Waals surface area contributed by atoms with Gasteiger partial charge in [-0.3, -0.25) is 9.78 Å². The number of nitrogens with zero attached hydrogens (tertiary/aromatic N) is 3. The van der Waals surface area contributed by atoms with Gasteiger partial charge < -0.3 is 5.32 Å². The Kier molecular flexibility index (Phi) is 4.26. The molecule has 112 valence electrons. The van der Waals surface area contributed by atoms with Crippen LogP contribution in [0.3, 0.4) is 0 Å². The number of nitrogens with one attached hydrogen (secondary N) is 1. The van der Waals surface area contributed by atoms with Gasteiger partial charge in [0.25, 0.3) is 5.91 Å². The Morgan fingerprint density at radius 1 is 1.23 bits per heavy atom. The molecule has 0 unspecified atom stereocenters. The maximum atomic E-state index is 12.3. The number of hydrogen-bond acceptors (Lipinski definition) is 6. The van der Waals surface area contributed by atoms with Gasteiger partial charge in [-0.2, -0.15) is 0 Å². The van der Waals surface area contributed by atoms with E-state index < -0.39 is 0 Å². The van der Waals surface area contributed by atoms with Crippen LogP contribution in [-0.4, -0.2) is 20.9 Å². The molecule has 3 heterocycles. The maximum absolute atomic E-state index is 12.3. The van der Waals surface area contributed by atoms with E-state index in [1.165, 1.54) is 11.3 Å². The standard InChI is InChI=1S/C15H14N4OS2/c1-9-13(14(20)18-8-11-7-17-10(2)21-11)22-15(19-9)12-5-3-4-6-16-12/h3-7H,8H2,1-2H3,(H,18,20). The Bertz CT molecular complexity index is 795. The molecule has 0 spiro atoms. The van der Waals surface area contributed by atoms with Crippen LogP contribution in [0.2, 0.25) is 0 Å². The van der Waals surface area contributed by atoms with Gasteiger partial charge in [0, 0.05) is 17.3 Å². The molecule has 3 aromatic rings. The van der Waals surface area contributed by atoms with Crippen molar-refractivity contribution in [1.82, 2.24) is 20.3 Å². The van der Waals surface area contributed by atoms with Crippen LogP contribution >= 0.6 is 22.7 Å². The third-order valence-electron chi connectivity index (χ3n) is 2.98. The molecule has 0 atom stereocenters. The summed E-state index contributed by atoms with van der Waals surface area (Å²) >= 11 is 2.95. The van der Waals surface area contributed by atoms with Gasteiger partial charge in [-0.1, -0.05) is 6.07 Å². The van der Waals surface area contributed by atoms with Crippen LogP contribution < -0.4 is 5.32 Å². The van der Waals surface area contributed by atoms with E-state index in [0.29, 0.717) is 11.4 Å². The molecule has 3 aromatic heterocycles. The van der Waals surface area contributed by atoms with Gasteiger partial charge in [0.05, 0.1) is 22.9 Å². The average Bonchev–Trinajstić information content (AvgIpc) is 3.12. The van der Waals surface area contributed by atoms with E-state index >= 15 is 0 Å². The second-order valence-corrected chi connectivity index (χ2v) is 7.00. The normalized spacial score (nSPS) is 10.6. The van der Waals surface area contributed by atoms with E-state index in [-0.39, 0.29) is 5.91 Å². The van der Waals surface area contributed by atoms with E-state index in [9.17, 15) is 4.79 Å². The first-order valence-corrected chi connectivity index (χ1v) is 8.35. The van der Waals surface area contributed by atoms with Crippen LogP contribution in [0.4, 0.5) is 0 Å². The molecular weight excluding hydrogens is 316 g/mol. The zero-order chi connectivity index (χ0) is 15.5. The van der Waals surface area contributed by atoms with Gasteiger partial charge in [0.2, 0.25) is 0 Å². The lowest BCUT2D eigenvalue weighted by Crippen LogP contribution is -2.22. The highest BCUT2D eigenvalue weighted by atomic mass is 32.1. The van der Waals surface area contributed by atoms with Crippen molar-refractivity contribution in [2.24, 2.45) is 0 Å². The second-order valence-electron chi connectivity index (χ2n) is 4.68. The molecule has 5 nitrogen and oxygen atoms in total. The first kappa shape index (κ1) is 14.8. The fraction of sp³-hybridized carbons (Fsp3) is 0.200. The number of thiazole rings is 2. The highest BCUT2D eigenvalue weighted by Crippen LogP contribution is 2.26. The van der Waals surface area contributed by atoms with Gasteiger partial charge in [0.1, 0.15) is 9.88 Å². The maximum Gasteiger partial charge on any atom is 0.263 e. The number of rotatable bonds is 4. The van der Waals surface area contributed by atoms with Crippen LogP contribution in [0.1, 0.15) is 25.3 Å². The molecule has 0 saturated heterocycles. The van der Waals surface area contributed by atoms with Crippen LogP contribution in [0.25, 0.3) is 10.7 Å². The Balaban J connectivity index is 1.74. The Labute approximate surface area is 136 Å². The van der Waals surface area contributed by atoms with E-state index in [0.717, 1.165) is 26.3 Å². The largest absolute Gasteiger partial charge is 0.346 e. The zero-order valence-corrected chi connectivity index (χ0v) is 13.8. The van der Waals surface area contributed by atoms with Gasteiger partial charge >= 0.3 is 0 Å². The molecule has 0 aliphatic rings. The molecule has 22 heavy (non-hydrogen) atoms. The van der Waals surface area contributed by atoms with Gasteiger partial charge in [-0.25, -0.2) is 9.97 Å². The molecule has 0 aliphatic heterocycles. The summed E-state index contributed by atoms with van der Waals surface area (Å²) in [7, 11) is 0. The minimum atomic E-state index is -0.108. The van der Waals surface area contributed by atoms with Crippen LogP contribution in [0.5, 0.6) is 0 Å². The molecule has 7 heteroatoms. The number of pyridine rings is 1. The number of aromatic nitrogens is 3. The lowest BCUT2D eigenvalue weighted by Gasteiger charge is -2.01. The van der Waals surface area contributed by atoms with Gasteiger partial charge in [-0.05, 0) is 26.0 Å². The molecule has 0 radical (unpaired) electrons. The first-order chi connectivity index (χ1) is 10.6. The number of hydrogen-bond donors (Lipinski definition) is 1. The van der Waals surface area contributed by atoms with E-state index in [2.05, 4.69) is 20.3 Å². The zero-order valence-electron chi connectivity index (χ0n) is 12.2.